The van der Waals surface area contributed by atoms with E-state index in [2.05, 4.69) is 29.3 Å². The Balaban J connectivity index is 1.65. The number of ether oxygens (including phenoxy) is 1. The van der Waals surface area contributed by atoms with Crippen LogP contribution in [0, 0.1) is 5.92 Å². The first kappa shape index (κ1) is 12.5. The topological polar surface area (TPSA) is 41.6 Å². The van der Waals surface area contributed by atoms with Gasteiger partial charge < -0.3 is 15.0 Å². The van der Waals surface area contributed by atoms with Crippen molar-refractivity contribution >= 4 is 17.3 Å². The fourth-order valence-corrected chi connectivity index (χ4v) is 2.44. The molecule has 1 unspecified atom stereocenters. The molecule has 1 amide bonds. The maximum absolute atomic E-state index is 11.7. The SMILES string of the molecule is CC1COCCN1c1ccc(NC(=O)C2CC2)cc1. The van der Waals surface area contributed by atoms with Crippen LogP contribution >= 0.6 is 0 Å². The average molecular weight is 260 g/mol. The van der Waals surface area contributed by atoms with Gasteiger partial charge >= 0.3 is 0 Å². The second-order valence-electron chi connectivity index (χ2n) is 5.43. The first-order valence-corrected chi connectivity index (χ1v) is 6.99. The van der Waals surface area contributed by atoms with E-state index in [1.807, 2.05) is 12.1 Å². The number of rotatable bonds is 3. The monoisotopic (exact) mass is 260 g/mol. The van der Waals surface area contributed by atoms with Crippen LogP contribution < -0.4 is 10.2 Å². The largest absolute Gasteiger partial charge is 0.377 e. The Morgan fingerprint density at radius 3 is 2.68 bits per heavy atom. The van der Waals surface area contributed by atoms with Crippen molar-refractivity contribution in [2.45, 2.75) is 25.8 Å². The lowest BCUT2D eigenvalue weighted by atomic mass is 10.2. The summed E-state index contributed by atoms with van der Waals surface area (Å²) in [4.78, 5) is 14.0. The summed E-state index contributed by atoms with van der Waals surface area (Å²) in [6, 6.07) is 8.52. The minimum Gasteiger partial charge on any atom is -0.377 e. The molecule has 1 aliphatic carbocycles. The summed E-state index contributed by atoms with van der Waals surface area (Å²) in [5, 5.41) is 2.96. The first-order chi connectivity index (χ1) is 9.24. The molecule has 4 nitrogen and oxygen atoms in total. The molecule has 1 aliphatic heterocycles. The molecule has 0 bridgehead atoms. The smallest absolute Gasteiger partial charge is 0.227 e. The van der Waals surface area contributed by atoms with Crippen molar-refractivity contribution in [1.82, 2.24) is 0 Å². The Hall–Kier alpha value is -1.55. The summed E-state index contributed by atoms with van der Waals surface area (Å²) in [6.45, 7) is 4.65. The highest BCUT2D eigenvalue weighted by atomic mass is 16.5. The zero-order chi connectivity index (χ0) is 13.2. The molecule has 1 aromatic carbocycles. The van der Waals surface area contributed by atoms with Gasteiger partial charge in [-0.1, -0.05) is 0 Å². The zero-order valence-corrected chi connectivity index (χ0v) is 11.3. The molecule has 102 valence electrons. The van der Waals surface area contributed by atoms with Crippen LogP contribution in [0.25, 0.3) is 0 Å². The summed E-state index contributed by atoms with van der Waals surface area (Å²) in [5.41, 5.74) is 2.08. The normalized spacial score (nSPS) is 23.2. The van der Waals surface area contributed by atoms with Gasteiger partial charge in [0.25, 0.3) is 0 Å². The quantitative estimate of drug-likeness (QED) is 0.906. The number of benzene rings is 1. The summed E-state index contributed by atoms with van der Waals surface area (Å²) in [7, 11) is 0. The van der Waals surface area contributed by atoms with Gasteiger partial charge in [0.05, 0.1) is 13.2 Å². The average Bonchev–Trinajstić information content (AvgIpc) is 3.25. The lowest BCUT2D eigenvalue weighted by molar-refractivity contribution is -0.117. The van der Waals surface area contributed by atoms with Crippen molar-refractivity contribution in [1.29, 1.82) is 0 Å². The number of anilines is 2. The highest BCUT2D eigenvalue weighted by Crippen LogP contribution is 2.30. The number of hydrogen-bond acceptors (Lipinski definition) is 3. The molecule has 2 fully saturated rings. The van der Waals surface area contributed by atoms with E-state index in [1.54, 1.807) is 0 Å². The zero-order valence-electron chi connectivity index (χ0n) is 11.3. The van der Waals surface area contributed by atoms with Crippen LogP contribution in [-0.2, 0) is 9.53 Å². The van der Waals surface area contributed by atoms with E-state index < -0.39 is 0 Å². The molecule has 3 rings (SSSR count). The number of nitrogens with one attached hydrogen (secondary N) is 1. The molecule has 2 aliphatic rings. The highest BCUT2D eigenvalue weighted by Gasteiger charge is 2.29. The van der Waals surface area contributed by atoms with Crippen LogP contribution in [0.5, 0.6) is 0 Å². The lowest BCUT2D eigenvalue weighted by Crippen LogP contribution is -2.43. The molecule has 1 heterocycles. The molecule has 0 aromatic heterocycles. The van der Waals surface area contributed by atoms with E-state index in [9.17, 15) is 4.79 Å². The number of carbonyl (C=O) groups is 1. The Morgan fingerprint density at radius 2 is 2.05 bits per heavy atom. The number of hydrogen-bond donors (Lipinski definition) is 1. The van der Waals surface area contributed by atoms with E-state index in [4.69, 9.17) is 4.74 Å². The van der Waals surface area contributed by atoms with Gasteiger partial charge in [-0.2, -0.15) is 0 Å². The predicted octanol–water partition coefficient (Wildman–Crippen LogP) is 2.26. The van der Waals surface area contributed by atoms with Gasteiger partial charge in [0.2, 0.25) is 5.91 Å². The van der Waals surface area contributed by atoms with Crippen molar-refractivity contribution in [3.05, 3.63) is 24.3 Å². The van der Waals surface area contributed by atoms with Gasteiger partial charge in [0.15, 0.2) is 0 Å². The van der Waals surface area contributed by atoms with Crippen molar-refractivity contribution in [2.75, 3.05) is 30.0 Å². The summed E-state index contributed by atoms with van der Waals surface area (Å²) < 4.78 is 5.44. The first-order valence-electron chi connectivity index (χ1n) is 6.99. The second kappa shape index (κ2) is 5.21. The van der Waals surface area contributed by atoms with Crippen LogP contribution in [0.2, 0.25) is 0 Å². The van der Waals surface area contributed by atoms with Crippen molar-refractivity contribution in [2.24, 2.45) is 5.92 Å². The molecular weight excluding hydrogens is 240 g/mol. The van der Waals surface area contributed by atoms with Gasteiger partial charge in [0.1, 0.15) is 0 Å². The minimum absolute atomic E-state index is 0.160. The Kier molecular flexibility index (Phi) is 3.42. The summed E-state index contributed by atoms with van der Waals surface area (Å²) >= 11 is 0. The van der Waals surface area contributed by atoms with E-state index in [0.29, 0.717) is 6.04 Å². The molecule has 1 N–H and O–H groups in total. The molecule has 1 atom stereocenters. The summed E-state index contributed by atoms with van der Waals surface area (Å²) in [6.07, 6.45) is 2.07. The minimum atomic E-state index is 0.160. The molecule has 1 aromatic rings. The van der Waals surface area contributed by atoms with Crippen molar-refractivity contribution < 1.29 is 9.53 Å². The number of morpholine rings is 1. The molecule has 1 saturated heterocycles. The number of carbonyl (C=O) groups excluding carboxylic acids is 1. The number of nitrogens with zero attached hydrogens (tertiary/aromatic N) is 1. The molecule has 1 saturated carbocycles. The maximum Gasteiger partial charge on any atom is 0.227 e. The van der Waals surface area contributed by atoms with Gasteiger partial charge in [-0.3, -0.25) is 4.79 Å². The molecule has 0 radical (unpaired) electrons. The predicted molar refractivity (Wildman–Crippen MR) is 75.4 cm³/mol. The van der Waals surface area contributed by atoms with Crippen molar-refractivity contribution in [3.8, 4) is 0 Å². The van der Waals surface area contributed by atoms with Gasteiger partial charge in [0, 0.05) is 29.9 Å². The van der Waals surface area contributed by atoms with Crippen LogP contribution in [-0.4, -0.2) is 31.7 Å². The van der Waals surface area contributed by atoms with Gasteiger partial charge in [-0.05, 0) is 44.0 Å². The Labute approximate surface area is 113 Å². The molecule has 4 heteroatoms. The lowest BCUT2D eigenvalue weighted by Gasteiger charge is -2.35. The van der Waals surface area contributed by atoms with E-state index in [1.165, 1.54) is 5.69 Å². The summed E-state index contributed by atoms with van der Waals surface area (Å²) in [5.74, 6) is 0.409. The van der Waals surface area contributed by atoms with Crippen LogP contribution in [0.15, 0.2) is 24.3 Å². The van der Waals surface area contributed by atoms with Crippen LogP contribution in [0.4, 0.5) is 11.4 Å². The van der Waals surface area contributed by atoms with Crippen LogP contribution in [0.3, 0.4) is 0 Å². The second-order valence-corrected chi connectivity index (χ2v) is 5.43. The fraction of sp³-hybridized carbons (Fsp3) is 0.533. The third-order valence-corrected chi connectivity index (χ3v) is 3.78. The molecule has 19 heavy (non-hydrogen) atoms. The van der Waals surface area contributed by atoms with Gasteiger partial charge in [-0.15, -0.1) is 0 Å². The highest BCUT2D eigenvalue weighted by molar-refractivity contribution is 5.94. The third kappa shape index (κ3) is 2.89. The van der Waals surface area contributed by atoms with Crippen LogP contribution in [0.1, 0.15) is 19.8 Å². The van der Waals surface area contributed by atoms with E-state index in [-0.39, 0.29) is 11.8 Å². The maximum atomic E-state index is 11.7. The molecule has 0 spiro atoms. The van der Waals surface area contributed by atoms with Crippen molar-refractivity contribution in [3.63, 3.8) is 0 Å². The van der Waals surface area contributed by atoms with E-state index >= 15 is 0 Å². The van der Waals surface area contributed by atoms with E-state index in [0.717, 1.165) is 38.3 Å². The van der Waals surface area contributed by atoms with Gasteiger partial charge in [-0.25, -0.2) is 0 Å². The Bertz CT molecular complexity index is 454. The third-order valence-electron chi connectivity index (χ3n) is 3.78. The Morgan fingerprint density at radius 1 is 1.32 bits per heavy atom. The number of amides is 1. The fourth-order valence-electron chi connectivity index (χ4n) is 2.44. The molecular formula is C15H20N2O2. The standard InChI is InChI=1S/C15H20N2O2/c1-11-10-19-9-8-17(11)14-6-4-13(5-7-14)16-15(18)12-2-3-12/h4-7,11-12H,2-3,8-10H2,1H3,(H,16,18).